The highest BCUT2D eigenvalue weighted by Gasteiger charge is 2.14. The highest BCUT2D eigenvalue weighted by molar-refractivity contribution is 5.48. The summed E-state index contributed by atoms with van der Waals surface area (Å²) in [6.07, 6.45) is 3.15. The van der Waals surface area contributed by atoms with E-state index in [-0.39, 0.29) is 0 Å². The van der Waals surface area contributed by atoms with Crippen molar-refractivity contribution in [2.75, 3.05) is 11.4 Å². The topological polar surface area (TPSA) is 28.2 Å². The SMILES string of the molecule is CCC(C)N(CC)c1ncc(CNC(C)C)cc1C. The summed E-state index contributed by atoms with van der Waals surface area (Å²) in [5, 5.41) is 3.43. The molecule has 19 heavy (non-hydrogen) atoms. The van der Waals surface area contributed by atoms with E-state index in [1.54, 1.807) is 0 Å². The fraction of sp³-hybridized carbons (Fsp3) is 0.688. The maximum Gasteiger partial charge on any atom is 0.131 e. The van der Waals surface area contributed by atoms with Gasteiger partial charge >= 0.3 is 0 Å². The number of anilines is 1. The molecular formula is C16H29N3. The second-order valence-corrected chi connectivity index (χ2v) is 5.56. The monoisotopic (exact) mass is 263 g/mol. The fourth-order valence-electron chi connectivity index (χ4n) is 2.24. The Morgan fingerprint density at radius 3 is 2.42 bits per heavy atom. The molecule has 0 aliphatic carbocycles. The van der Waals surface area contributed by atoms with Gasteiger partial charge in [0.25, 0.3) is 0 Å². The minimum atomic E-state index is 0.507. The van der Waals surface area contributed by atoms with Crippen LogP contribution in [0.4, 0.5) is 5.82 Å². The molecule has 1 heterocycles. The molecule has 108 valence electrons. The smallest absolute Gasteiger partial charge is 0.131 e. The zero-order valence-corrected chi connectivity index (χ0v) is 13.3. The van der Waals surface area contributed by atoms with Crippen LogP contribution in [-0.4, -0.2) is 23.6 Å². The molecule has 0 fully saturated rings. The van der Waals surface area contributed by atoms with E-state index in [1.807, 2.05) is 6.20 Å². The van der Waals surface area contributed by atoms with Crippen molar-refractivity contribution in [2.24, 2.45) is 0 Å². The third-order valence-corrected chi connectivity index (χ3v) is 3.56. The second-order valence-electron chi connectivity index (χ2n) is 5.56. The summed E-state index contributed by atoms with van der Waals surface area (Å²) in [5.74, 6) is 1.13. The van der Waals surface area contributed by atoms with E-state index in [4.69, 9.17) is 0 Å². The van der Waals surface area contributed by atoms with Gasteiger partial charge in [0.2, 0.25) is 0 Å². The van der Waals surface area contributed by atoms with Gasteiger partial charge in [0.1, 0.15) is 5.82 Å². The number of aryl methyl sites for hydroxylation is 1. The molecule has 3 heteroatoms. The average molecular weight is 263 g/mol. The first kappa shape index (κ1) is 16.0. The van der Waals surface area contributed by atoms with E-state index in [0.717, 1.165) is 25.3 Å². The van der Waals surface area contributed by atoms with Crippen molar-refractivity contribution in [3.8, 4) is 0 Å². The zero-order valence-electron chi connectivity index (χ0n) is 13.3. The van der Waals surface area contributed by atoms with Gasteiger partial charge in [-0.25, -0.2) is 4.98 Å². The highest BCUT2D eigenvalue weighted by atomic mass is 15.2. The molecule has 3 nitrogen and oxygen atoms in total. The van der Waals surface area contributed by atoms with Gasteiger partial charge in [0.05, 0.1) is 0 Å². The van der Waals surface area contributed by atoms with Crippen molar-refractivity contribution in [3.63, 3.8) is 0 Å². The first-order valence-corrected chi connectivity index (χ1v) is 7.45. The molecule has 0 amide bonds. The van der Waals surface area contributed by atoms with Gasteiger partial charge in [-0.1, -0.05) is 20.8 Å². The zero-order chi connectivity index (χ0) is 14.4. The average Bonchev–Trinajstić information content (AvgIpc) is 2.38. The maximum atomic E-state index is 4.68. The van der Waals surface area contributed by atoms with E-state index >= 15 is 0 Å². The lowest BCUT2D eigenvalue weighted by atomic mass is 10.1. The summed E-state index contributed by atoms with van der Waals surface area (Å²) in [4.78, 5) is 7.07. The van der Waals surface area contributed by atoms with Crippen LogP contribution in [0.3, 0.4) is 0 Å². The molecule has 0 spiro atoms. The normalized spacial score (nSPS) is 12.8. The molecule has 0 saturated carbocycles. The maximum absolute atomic E-state index is 4.68. The van der Waals surface area contributed by atoms with Crippen molar-refractivity contribution in [1.82, 2.24) is 10.3 Å². The number of nitrogens with zero attached hydrogens (tertiary/aromatic N) is 2. The Bertz CT molecular complexity index is 388. The quantitative estimate of drug-likeness (QED) is 0.816. The molecule has 0 bridgehead atoms. The lowest BCUT2D eigenvalue weighted by Gasteiger charge is -2.29. The third-order valence-electron chi connectivity index (χ3n) is 3.56. The van der Waals surface area contributed by atoms with Crippen LogP contribution < -0.4 is 10.2 Å². The number of hydrogen-bond acceptors (Lipinski definition) is 3. The van der Waals surface area contributed by atoms with Gasteiger partial charge in [-0.15, -0.1) is 0 Å². The lowest BCUT2D eigenvalue weighted by molar-refractivity contribution is 0.586. The predicted molar refractivity (Wildman–Crippen MR) is 83.7 cm³/mol. The summed E-state index contributed by atoms with van der Waals surface area (Å²) in [6, 6.07) is 3.30. The van der Waals surface area contributed by atoms with Gasteiger partial charge in [-0.2, -0.15) is 0 Å². The Balaban J connectivity index is 2.86. The Hall–Kier alpha value is -1.09. The van der Waals surface area contributed by atoms with Crippen molar-refractivity contribution in [3.05, 3.63) is 23.4 Å². The Labute approximate surface area is 118 Å². The molecule has 0 aliphatic rings. The van der Waals surface area contributed by atoms with Gasteiger partial charge < -0.3 is 10.2 Å². The molecule has 1 aromatic rings. The summed E-state index contributed by atoms with van der Waals surface area (Å²) in [6.45, 7) is 15.1. The molecule has 0 radical (unpaired) electrons. The lowest BCUT2D eigenvalue weighted by Crippen LogP contribution is -2.33. The second kappa shape index (κ2) is 7.49. The van der Waals surface area contributed by atoms with Gasteiger partial charge in [0, 0.05) is 31.4 Å². The van der Waals surface area contributed by atoms with Crippen LogP contribution in [0.15, 0.2) is 12.3 Å². The molecule has 0 aliphatic heterocycles. The van der Waals surface area contributed by atoms with Crippen LogP contribution in [0.2, 0.25) is 0 Å². The Kier molecular flexibility index (Phi) is 6.29. The van der Waals surface area contributed by atoms with Crippen LogP contribution in [0.25, 0.3) is 0 Å². The van der Waals surface area contributed by atoms with Gasteiger partial charge in [-0.05, 0) is 44.4 Å². The number of aromatic nitrogens is 1. The van der Waals surface area contributed by atoms with Crippen molar-refractivity contribution in [2.45, 2.75) is 66.6 Å². The Morgan fingerprint density at radius 2 is 1.95 bits per heavy atom. The Morgan fingerprint density at radius 1 is 1.26 bits per heavy atom. The summed E-state index contributed by atoms with van der Waals surface area (Å²) in [5.41, 5.74) is 2.53. The van der Waals surface area contributed by atoms with Gasteiger partial charge in [0.15, 0.2) is 0 Å². The largest absolute Gasteiger partial charge is 0.354 e. The van der Waals surface area contributed by atoms with E-state index in [9.17, 15) is 0 Å². The number of hydrogen-bond donors (Lipinski definition) is 1. The highest BCUT2D eigenvalue weighted by Crippen LogP contribution is 2.21. The minimum Gasteiger partial charge on any atom is -0.354 e. The molecule has 0 aromatic carbocycles. The molecule has 1 atom stereocenters. The van der Waals surface area contributed by atoms with Crippen molar-refractivity contribution < 1.29 is 0 Å². The molecule has 1 rings (SSSR count). The molecule has 1 unspecified atom stereocenters. The molecule has 1 aromatic heterocycles. The van der Waals surface area contributed by atoms with E-state index < -0.39 is 0 Å². The predicted octanol–water partition coefficient (Wildman–Crippen LogP) is 3.51. The van der Waals surface area contributed by atoms with Crippen LogP contribution in [0.5, 0.6) is 0 Å². The first-order chi connectivity index (χ1) is 8.99. The van der Waals surface area contributed by atoms with Crippen LogP contribution in [0, 0.1) is 6.92 Å². The van der Waals surface area contributed by atoms with Crippen LogP contribution in [0.1, 0.15) is 52.2 Å². The number of pyridine rings is 1. The summed E-state index contributed by atoms with van der Waals surface area (Å²) in [7, 11) is 0. The van der Waals surface area contributed by atoms with Crippen LogP contribution in [-0.2, 0) is 6.54 Å². The van der Waals surface area contributed by atoms with Gasteiger partial charge in [-0.3, -0.25) is 0 Å². The number of rotatable bonds is 7. The third kappa shape index (κ3) is 4.50. The first-order valence-electron chi connectivity index (χ1n) is 7.45. The van der Waals surface area contributed by atoms with Crippen molar-refractivity contribution in [1.29, 1.82) is 0 Å². The summed E-state index contributed by atoms with van der Waals surface area (Å²) < 4.78 is 0. The standard InChI is InChI=1S/C16H29N3/c1-7-14(6)19(8-2)16-13(5)9-15(11-18-16)10-17-12(3)4/h9,11-12,14,17H,7-8,10H2,1-6H3. The van der Waals surface area contributed by atoms with E-state index in [2.05, 4.69) is 62.8 Å². The molecule has 1 N–H and O–H groups in total. The fourth-order valence-corrected chi connectivity index (χ4v) is 2.24. The molecular weight excluding hydrogens is 234 g/mol. The van der Waals surface area contributed by atoms with Crippen LogP contribution >= 0.6 is 0 Å². The minimum absolute atomic E-state index is 0.507. The van der Waals surface area contributed by atoms with Crippen molar-refractivity contribution >= 4 is 5.82 Å². The van der Waals surface area contributed by atoms with E-state index in [1.165, 1.54) is 11.1 Å². The molecule has 0 saturated heterocycles. The summed E-state index contributed by atoms with van der Waals surface area (Å²) >= 11 is 0. The van der Waals surface area contributed by atoms with E-state index in [0.29, 0.717) is 12.1 Å². The number of nitrogens with one attached hydrogen (secondary N) is 1.